The first-order chi connectivity index (χ1) is 10.6. The van der Waals surface area contributed by atoms with Crippen LogP contribution in [0.3, 0.4) is 0 Å². The monoisotopic (exact) mass is 338 g/mol. The van der Waals surface area contributed by atoms with Gasteiger partial charge in [0.1, 0.15) is 11.1 Å². The van der Waals surface area contributed by atoms with E-state index >= 15 is 0 Å². The Morgan fingerprint density at radius 2 is 0.958 bits per heavy atom. The highest BCUT2D eigenvalue weighted by molar-refractivity contribution is 5.98. The standard InChI is InChI=1S/C16H26N4O4/c1-13(2)14(3,4)18(22)11(17(13)21)9-10-12-19(23)15(5,6)16(7,8)20(12)24/h9-10H,1-8H3/b10-9+. The van der Waals surface area contributed by atoms with Gasteiger partial charge in [-0.15, -0.1) is 0 Å². The second-order valence-corrected chi connectivity index (χ2v) is 8.46. The summed E-state index contributed by atoms with van der Waals surface area (Å²) in [6, 6.07) is 0. The van der Waals surface area contributed by atoms with Crippen LogP contribution in [0.4, 0.5) is 0 Å². The number of amidine groups is 2. The molecular weight excluding hydrogens is 312 g/mol. The van der Waals surface area contributed by atoms with Crippen LogP contribution in [0.5, 0.6) is 0 Å². The number of hydroxylamine groups is 6. The van der Waals surface area contributed by atoms with Gasteiger partial charge >= 0.3 is 11.7 Å². The number of hydrogen-bond acceptors (Lipinski definition) is 4. The van der Waals surface area contributed by atoms with Crippen LogP contribution < -0.4 is 0 Å². The highest BCUT2D eigenvalue weighted by Gasteiger charge is 2.60. The van der Waals surface area contributed by atoms with Crippen LogP contribution in [0.1, 0.15) is 55.4 Å². The Morgan fingerprint density at radius 3 is 1.12 bits per heavy atom. The second-order valence-electron chi connectivity index (χ2n) is 8.46. The number of nitrogens with zero attached hydrogens (tertiary/aromatic N) is 4. The minimum Gasteiger partial charge on any atom is -0.714 e. The molecule has 134 valence electrons. The van der Waals surface area contributed by atoms with Crippen LogP contribution in [0.25, 0.3) is 0 Å². The largest absolute Gasteiger partial charge is 0.714 e. The molecule has 2 rings (SSSR count). The van der Waals surface area contributed by atoms with E-state index in [-0.39, 0.29) is 11.7 Å². The molecule has 0 N–H and O–H groups in total. The smallest absolute Gasteiger partial charge is 0.309 e. The van der Waals surface area contributed by atoms with Gasteiger partial charge in [0.25, 0.3) is 0 Å². The summed E-state index contributed by atoms with van der Waals surface area (Å²) in [5, 5.41) is 51.1. The molecule has 2 aliphatic heterocycles. The fourth-order valence-corrected chi connectivity index (χ4v) is 2.72. The lowest BCUT2D eigenvalue weighted by atomic mass is 9.84. The van der Waals surface area contributed by atoms with Crippen molar-refractivity contribution >= 4 is 11.7 Å². The molecule has 0 aromatic rings. The number of rotatable bonds is 2. The van der Waals surface area contributed by atoms with Crippen molar-refractivity contribution in [2.45, 2.75) is 77.5 Å². The molecule has 0 amide bonds. The lowest BCUT2D eigenvalue weighted by Gasteiger charge is -2.32. The van der Waals surface area contributed by atoms with Gasteiger partial charge in [0.15, 0.2) is 11.1 Å². The summed E-state index contributed by atoms with van der Waals surface area (Å²) in [5.74, 6) is -0.247. The molecule has 0 atom stereocenters. The fraction of sp³-hybridized carbons (Fsp3) is 0.750. The predicted molar refractivity (Wildman–Crippen MR) is 87.8 cm³/mol. The molecule has 0 aromatic carbocycles. The molecule has 0 spiro atoms. The van der Waals surface area contributed by atoms with E-state index in [4.69, 9.17) is 0 Å². The maximum Gasteiger partial charge on any atom is 0.309 e. The number of hydrogen-bond donors (Lipinski definition) is 0. The summed E-state index contributed by atoms with van der Waals surface area (Å²) in [5.41, 5.74) is -3.77. The molecule has 0 fully saturated rings. The molecule has 0 aromatic heterocycles. The molecule has 0 saturated carbocycles. The summed E-state index contributed by atoms with van der Waals surface area (Å²) in [7, 11) is 0. The molecule has 0 aliphatic carbocycles. The van der Waals surface area contributed by atoms with Gasteiger partial charge in [0, 0.05) is 22.6 Å². The summed E-state index contributed by atoms with van der Waals surface area (Å²) in [4.78, 5) is 0. The SMILES string of the molecule is CC1(C)N([O])C(/C=C/C2=[N+]([O-])C(C)(C)C(C)(C)N2[O])=[N+]([O-])C1(C)C. The zero-order chi connectivity index (χ0) is 18.9. The Balaban J connectivity index is 2.46. The second kappa shape index (κ2) is 4.86. The van der Waals surface area contributed by atoms with E-state index in [1.807, 2.05) is 0 Å². The van der Waals surface area contributed by atoms with Gasteiger partial charge in [0.2, 0.25) is 0 Å². The molecule has 8 nitrogen and oxygen atoms in total. The van der Waals surface area contributed by atoms with Crippen molar-refractivity contribution in [3.05, 3.63) is 22.6 Å². The van der Waals surface area contributed by atoms with Crippen LogP contribution in [0.2, 0.25) is 0 Å². The average Bonchev–Trinajstić information content (AvgIpc) is 2.65. The molecule has 2 heterocycles. The van der Waals surface area contributed by atoms with Gasteiger partial charge in [0.05, 0.1) is 0 Å². The predicted octanol–water partition coefficient (Wildman–Crippen LogP) is 1.80. The van der Waals surface area contributed by atoms with E-state index < -0.39 is 22.2 Å². The zero-order valence-electron chi connectivity index (χ0n) is 15.6. The highest BCUT2D eigenvalue weighted by Crippen LogP contribution is 2.37. The topological polar surface area (TPSA) is 98.4 Å². The lowest BCUT2D eigenvalue weighted by Crippen LogP contribution is -2.53. The van der Waals surface area contributed by atoms with Gasteiger partial charge in [-0.1, -0.05) is 10.1 Å². The maximum absolute atomic E-state index is 12.5. The van der Waals surface area contributed by atoms with Crippen LogP contribution in [-0.2, 0) is 10.4 Å². The first-order valence-electron chi connectivity index (χ1n) is 7.93. The third-order valence-corrected chi connectivity index (χ3v) is 6.24. The van der Waals surface area contributed by atoms with E-state index in [9.17, 15) is 20.8 Å². The summed E-state index contributed by atoms with van der Waals surface area (Å²) < 4.78 is 1.26. The zero-order valence-corrected chi connectivity index (χ0v) is 15.6. The van der Waals surface area contributed by atoms with E-state index in [1.165, 1.54) is 12.2 Å². The van der Waals surface area contributed by atoms with Crippen LogP contribution >= 0.6 is 0 Å². The van der Waals surface area contributed by atoms with Crippen LogP contribution in [0.15, 0.2) is 12.2 Å². The molecule has 24 heavy (non-hydrogen) atoms. The van der Waals surface area contributed by atoms with E-state index in [0.29, 0.717) is 19.6 Å². The molecule has 2 radical (unpaired) electrons. The van der Waals surface area contributed by atoms with Crippen molar-refractivity contribution in [3.63, 3.8) is 0 Å². The van der Waals surface area contributed by atoms with Crippen LogP contribution in [0, 0.1) is 10.4 Å². The maximum atomic E-state index is 12.5. The Bertz CT molecular complexity index is 603. The van der Waals surface area contributed by atoms with Gasteiger partial charge in [-0.2, -0.15) is 0 Å². The lowest BCUT2D eigenvalue weighted by molar-refractivity contribution is -0.540. The molecule has 0 bridgehead atoms. The Labute approximate surface area is 142 Å². The fourth-order valence-electron chi connectivity index (χ4n) is 2.72. The average molecular weight is 338 g/mol. The van der Waals surface area contributed by atoms with Crippen molar-refractivity contribution in [1.29, 1.82) is 0 Å². The Morgan fingerprint density at radius 1 is 0.708 bits per heavy atom. The van der Waals surface area contributed by atoms with Gasteiger partial charge in [-0.25, -0.2) is 0 Å². The van der Waals surface area contributed by atoms with E-state index in [2.05, 4.69) is 0 Å². The molecule has 2 aliphatic rings. The van der Waals surface area contributed by atoms with Gasteiger partial charge in [-0.05, 0) is 55.4 Å². The van der Waals surface area contributed by atoms with E-state index in [1.54, 1.807) is 55.4 Å². The van der Waals surface area contributed by atoms with Crippen molar-refractivity contribution in [2.75, 3.05) is 0 Å². The molecular formula is C16H26N4O4. The molecule has 8 heteroatoms. The normalized spacial score (nSPS) is 27.8. The minimum atomic E-state index is -0.943. The van der Waals surface area contributed by atoms with Crippen LogP contribution in [-0.4, -0.2) is 53.4 Å². The highest BCUT2D eigenvalue weighted by atomic mass is 16.5. The molecule has 0 saturated heterocycles. The Kier molecular flexibility index (Phi) is 3.75. The Hall–Kier alpha value is -1.80. The quantitative estimate of drug-likeness (QED) is 0.566. The summed E-state index contributed by atoms with van der Waals surface area (Å²) in [6.45, 7) is 13.4. The summed E-state index contributed by atoms with van der Waals surface area (Å²) in [6.07, 6.45) is 2.50. The minimum absolute atomic E-state index is 0.123. The van der Waals surface area contributed by atoms with Gasteiger partial charge in [-0.3, -0.25) is 9.48 Å². The molecule has 0 unspecified atom stereocenters. The first-order valence-corrected chi connectivity index (χ1v) is 7.93. The van der Waals surface area contributed by atoms with Crippen molar-refractivity contribution < 1.29 is 19.9 Å². The van der Waals surface area contributed by atoms with Crippen molar-refractivity contribution in [3.8, 4) is 0 Å². The van der Waals surface area contributed by atoms with Gasteiger partial charge < -0.3 is 10.4 Å². The van der Waals surface area contributed by atoms with Crippen molar-refractivity contribution in [2.24, 2.45) is 0 Å². The van der Waals surface area contributed by atoms with Crippen molar-refractivity contribution in [1.82, 2.24) is 10.1 Å². The summed E-state index contributed by atoms with van der Waals surface area (Å²) >= 11 is 0. The third-order valence-electron chi connectivity index (χ3n) is 6.24. The first kappa shape index (κ1) is 18.5. The third kappa shape index (κ3) is 1.99. The van der Waals surface area contributed by atoms with E-state index in [0.717, 1.165) is 0 Å².